The number of hydrogen-bond donors (Lipinski definition) is 1. The number of hydrogen-bond acceptors (Lipinski definition) is 3. The number of nitrogens with zero attached hydrogens (tertiary/aromatic N) is 2. The van der Waals surface area contributed by atoms with E-state index in [4.69, 9.17) is 4.74 Å². The molecule has 3 aromatic rings. The van der Waals surface area contributed by atoms with Crippen molar-refractivity contribution in [3.05, 3.63) is 72.8 Å². The van der Waals surface area contributed by atoms with Crippen LogP contribution in [0.1, 0.15) is 12.5 Å². The summed E-state index contributed by atoms with van der Waals surface area (Å²) in [5.74, 6) is 0.770. The molecule has 0 saturated carbocycles. The van der Waals surface area contributed by atoms with Crippen molar-refractivity contribution in [3.8, 4) is 11.4 Å². The number of imidazole rings is 1. The molecule has 0 radical (unpaired) electrons. The predicted octanol–water partition coefficient (Wildman–Crippen LogP) is 3.45. The molecule has 5 nitrogen and oxygen atoms in total. The Morgan fingerprint density at radius 2 is 1.88 bits per heavy atom. The highest BCUT2D eigenvalue weighted by Gasteiger charge is 2.05. The third-order valence-corrected chi connectivity index (χ3v) is 3.55. The molecule has 0 bridgehead atoms. The van der Waals surface area contributed by atoms with E-state index >= 15 is 0 Å². The number of carbonyl (C=O) groups is 1. The maximum atomic E-state index is 12.1. The van der Waals surface area contributed by atoms with Crippen molar-refractivity contribution in [3.63, 3.8) is 0 Å². The summed E-state index contributed by atoms with van der Waals surface area (Å²) in [4.78, 5) is 16.2. The fraction of sp³-hybridized carbons (Fsp3) is 0.158. The molecule has 1 heterocycles. The lowest BCUT2D eigenvalue weighted by atomic mass is 10.1. The second-order valence-electron chi connectivity index (χ2n) is 5.32. The maximum absolute atomic E-state index is 12.1. The Bertz CT molecular complexity index is 778. The van der Waals surface area contributed by atoms with E-state index in [1.165, 1.54) is 0 Å². The molecule has 0 saturated heterocycles. The highest BCUT2D eigenvalue weighted by atomic mass is 16.5. The van der Waals surface area contributed by atoms with Crippen LogP contribution in [0.4, 0.5) is 5.69 Å². The quantitative estimate of drug-likeness (QED) is 0.756. The Kier molecular flexibility index (Phi) is 4.91. The highest BCUT2D eigenvalue weighted by Crippen LogP contribution is 2.15. The zero-order valence-electron chi connectivity index (χ0n) is 13.5. The van der Waals surface area contributed by atoms with E-state index in [2.05, 4.69) is 10.3 Å². The van der Waals surface area contributed by atoms with Crippen molar-refractivity contribution < 1.29 is 9.53 Å². The Balaban J connectivity index is 1.58. The summed E-state index contributed by atoms with van der Waals surface area (Å²) in [7, 11) is 0. The van der Waals surface area contributed by atoms with Gasteiger partial charge in [-0.3, -0.25) is 4.79 Å². The number of aromatic nitrogens is 2. The molecular weight excluding hydrogens is 302 g/mol. The predicted molar refractivity (Wildman–Crippen MR) is 93.5 cm³/mol. The zero-order chi connectivity index (χ0) is 16.8. The van der Waals surface area contributed by atoms with Crippen molar-refractivity contribution in [2.45, 2.75) is 13.3 Å². The summed E-state index contributed by atoms with van der Waals surface area (Å²) < 4.78 is 7.30. The summed E-state index contributed by atoms with van der Waals surface area (Å²) in [6, 6.07) is 15.2. The monoisotopic (exact) mass is 321 g/mol. The molecule has 2 aromatic carbocycles. The molecule has 3 rings (SSSR count). The van der Waals surface area contributed by atoms with Gasteiger partial charge in [0.25, 0.3) is 0 Å². The van der Waals surface area contributed by atoms with Crippen molar-refractivity contribution in [1.82, 2.24) is 9.55 Å². The number of amides is 1. The third-order valence-electron chi connectivity index (χ3n) is 3.55. The molecule has 0 aliphatic heterocycles. The van der Waals surface area contributed by atoms with Crippen LogP contribution >= 0.6 is 0 Å². The van der Waals surface area contributed by atoms with Gasteiger partial charge in [-0.15, -0.1) is 0 Å². The van der Waals surface area contributed by atoms with Crippen molar-refractivity contribution in [2.24, 2.45) is 0 Å². The summed E-state index contributed by atoms with van der Waals surface area (Å²) >= 11 is 0. The number of benzene rings is 2. The normalized spacial score (nSPS) is 10.4. The summed E-state index contributed by atoms with van der Waals surface area (Å²) in [5.41, 5.74) is 2.72. The molecule has 122 valence electrons. The van der Waals surface area contributed by atoms with Gasteiger partial charge < -0.3 is 14.6 Å². The summed E-state index contributed by atoms with van der Waals surface area (Å²) in [6.45, 7) is 2.58. The minimum Gasteiger partial charge on any atom is -0.494 e. The van der Waals surface area contributed by atoms with E-state index in [0.717, 1.165) is 22.7 Å². The van der Waals surface area contributed by atoms with Crippen LogP contribution < -0.4 is 10.1 Å². The minimum absolute atomic E-state index is 0.0467. The van der Waals surface area contributed by atoms with Gasteiger partial charge in [0.05, 0.1) is 19.4 Å². The van der Waals surface area contributed by atoms with Crippen LogP contribution in [0.3, 0.4) is 0 Å². The SMILES string of the molecule is CCOc1ccc(CC(=O)Nc2ccc(-n3ccnc3)cc2)cc1. The van der Waals surface area contributed by atoms with Gasteiger partial charge >= 0.3 is 0 Å². The Labute approximate surface area is 140 Å². The fourth-order valence-electron chi connectivity index (χ4n) is 2.39. The van der Waals surface area contributed by atoms with E-state index in [1.54, 1.807) is 12.5 Å². The van der Waals surface area contributed by atoms with Crippen LogP contribution in [-0.4, -0.2) is 22.1 Å². The lowest BCUT2D eigenvalue weighted by molar-refractivity contribution is -0.115. The lowest BCUT2D eigenvalue weighted by Gasteiger charge is -2.08. The Morgan fingerprint density at radius 1 is 1.12 bits per heavy atom. The average Bonchev–Trinajstić information content (AvgIpc) is 3.12. The number of carbonyl (C=O) groups excluding carboxylic acids is 1. The number of rotatable bonds is 6. The minimum atomic E-state index is -0.0467. The first-order valence-corrected chi connectivity index (χ1v) is 7.84. The first-order chi connectivity index (χ1) is 11.7. The third kappa shape index (κ3) is 4.01. The largest absolute Gasteiger partial charge is 0.494 e. The van der Waals surface area contributed by atoms with Gasteiger partial charge in [0.15, 0.2) is 0 Å². The van der Waals surface area contributed by atoms with Crippen molar-refractivity contribution in [1.29, 1.82) is 0 Å². The van der Waals surface area contributed by atoms with Crippen LogP contribution in [-0.2, 0) is 11.2 Å². The number of nitrogens with one attached hydrogen (secondary N) is 1. The molecule has 1 amide bonds. The van der Waals surface area contributed by atoms with Gasteiger partial charge in [-0.1, -0.05) is 12.1 Å². The van der Waals surface area contributed by atoms with Gasteiger partial charge in [0.2, 0.25) is 5.91 Å². The first-order valence-electron chi connectivity index (χ1n) is 7.84. The molecular formula is C19H19N3O2. The molecule has 0 aliphatic rings. The standard InChI is InChI=1S/C19H19N3O2/c1-2-24-18-9-3-15(4-10-18)13-19(23)21-16-5-7-17(8-6-16)22-12-11-20-14-22/h3-12,14H,2,13H2,1H3,(H,21,23). The smallest absolute Gasteiger partial charge is 0.228 e. The topological polar surface area (TPSA) is 56.1 Å². The molecule has 0 fully saturated rings. The van der Waals surface area contributed by atoms with E-state index in [0.29, 0.717) is 13.0 Å². The van der Waals surface area contributed by atoms with Gasteiger partial charge in [0.1, 0.15) is 5.75 Å². The van der Waals surface area contributed by atoms with E-state index in [1.807, 2.05) is 66.2 Å². The van der Waals surface area contributed by atoms with Crippen LogP contribution in [0.2, 0.25) is 0 Å². The summed E-state index contributed by atoms with van der Waals surface area (Å²) in [5, 5.41) is 2.91. The molecule has 0 spiro atoms. The molecule has 0 unspecified atom stereocenters. The Hall–Kier alpha value is -3.08. The number of ether oxygens (including phenoxy) is 1. The second kappa shape index (κ2) is 7.46. The van der Waals surface area contributed by atoms with Crippen molar-refractivity contribution in [2.75, 3.05) is 11.9 Å². The van der Waals surface area contributed by atoms with Gasteiger partial charge in [-0.2, -0.15) is 0 Å². The summed E-state index contributed by atoms with van der Waals surface area (Å²) in [6.07, 6.45) is 5.67. The Morgan fingerprint density at radius 3 is 2.50 bits per heavy atom. The number of anilines is 1. The second-order valence-corrected chi connectivity index (χ2v) is 5.32. The highest BCUT2D eigenvalue weighted by molar-refractivity contribution is 5.92. The molecule has 5 heteroatoms. The average molecular weight is 321 g/mol. The van der Waals surface area contributed by atoms with Crippen molar-refractivity contribution >= 4 is 11.6 Å². The van der Waals surface area contributed by atoms with Gasteiger partial charge in [-0.05, 0) is 48.9 Å². The van der Waals surface area contributed by atoms with E-state index in [-0.39, 0.29) is 5.91 Å². The fourth-order valence-corrected chi connectivity index (χ4v) is 2.39. The lowest BCUT2D eigenvalue weighted by Crippen LogP contribution is -2.14. The van der Waals surface area contributed by atoms with E-state index in [9.17, 15) is 4.79 Å². The zero-order valence-corrected chi connectivity index (χ0v) is 13.5. The molecule has 1 aromatic heterocycles. The van der Waals surface area contributed by atoms with Gasteiger partial charge in [0, 0.05) is 23.8 Å². The van der Waals surface area contributed by atoms with Gasteiger partial charge in [-0.25, -0.2) is 4.98 Å². The molecule has 1 N–H and O–H groups in total. The van der Waals surface area contributed by atoms with Crippen LogP contribution in [0.5, 0.6) is 5.75 Å². The van der Waals surface area contributed by atoms with Crippen LogP contribution in [0, 0.1) is 0 Å². The first kappa shape index (κ1) is 15.8. The molecule has 24 heavy (non-hydrogen) atoms. The maximum Gasteiger partial charge on any atom is 0.228 e. The van der Waals surface area contributed by atoms with Crippen LogP contribution in [0.25, 0.3) is 5.69 Å². The molecule has 0 aliphatic carbocycles. The van der Waals surface area contributed by atoms with Crippen LogP contribution in [0.15, 0.2) is 67.3 Å². The van der Waals surface area contributed by atoms with E-state index < -0.39 is 0 Å². The molecule has 0 atom stereocenters.